The van der Waals surface area contributed by atoms with Crippen LogP contribution in [0.15, 0.2) is 66.7 Å². The second-order valence-corrected chi connectivity index (χ2v) is 6.50. The van der Waals surface area contributed by atoms with Crippen LogP contribution in [-0.4, -0.2) is 15.8 Å². The Morgan fingerprint density at radius 1 is 0.967 bits per heavy atom. The fourth-order valence-corrected chi connectivity index (χ4v) is 2.76. The molecule has 152 valence electrons. The fourth-order valence-electron chi connectivity index (χ4n) is 2.57. The highest BCUT2D eigenvalue weighted by molar-refractivity contribution is 6.32. The third-order valence-corrected chi connectivity index (χ3v) is 4.39. The predicted octanol–water partition coefficient (Wildman–Crippen LogP) is 4.99. The Hall–Kier alpha value is -3.98. The van der Waals surface area contributed by atoms with Crippen molar-refractivity contribution in [3.8, 4) is 5.75 Å². The summed E-state index contributed by atoms with van der Waals surface area (Å²) in [4.78, 5) is 33.4. The van der Waals surface area contributed by atoms with E-state index in [-0.39, 0.29) is 34.3 Å². The minimum atomic E-state index is -0.695. The van der Waals surface area contributed by atoms with Crippen LogP contribution >= 0.6 is 11.6 Å². The molecule has 0 aliphatic heterocycles. The number of nitrogens with one attached hydrogen (secondary N) is 1. The quantitative estimate of drug-likeness (QED) is 0.418. The molecule has 0 atom stereocenters. The van der Waals surface area contributed by atoms with Crippen molar-refractivity contribution in [2.24, 2.45) is 0 Å². The zero-order chi connectivity index (χ0) is 21.7. The first-order chi connectivity index (χ1) is 14.3. The van der Waals surface area contributed by atoms with Gasteiger partial charge in [0.1, 0.15) is 17.4 Å². The molecule has 0 bridgehead atoms. The first kappa shape index (κ1) is 20.7. The van der Waals surface area contributed by atoms with Crippen LogP contribution in [0.4, 0.5) is 17.1 Å². The normalized spacial score (nSPS) is 10.3. The third kappa shape index (κ3) is 4.89. The van der Waals surface area contributed by atoms with Gasteiger partial charge in [0.15, 0.2) is 0 Å². The summed E-state index contributed by atoms with van der Waals surface area (Å²) in [5.41, 5.74) is 0.388. The minimum Gasteiger partial charge on any atom is -0.486 e. The topological polar surface area (TPSA) is 125 Å². The molecule has 1 N–H and O–H groups in total. The van der Waals surface area contributed by atoms with Gasteiger partial charge in [-0.1, -0.05) is 41.9 Å². The van der Waals surface area contributed by atoms with E-state index in [2.05, 4.69) is 5.32 Å². The van der Waals surface area contributed by atoms with Crippen molar-refractivity contribution in [3.05, 3.63) is 103 Å². The summed E-state index contributed by atoms with van der Waals surface area (Å²) in [5.74, 6) is -0.571. The number of nitro groups is 2. The van der Waals surface area contributed by atoms with Gasteiger partial charge in [-0.2, -0.15) is 0 Å². The highest BCUT2D eigenvalue weighted by Gasteiger charge is 2.19. The molecule has 0 spiro atoms. The van der Waals surface area contributed by atoms with Crippen molar-refractivity contribution >= 4 is 34.6 Å². The molecule has 0 saturated carbocycles. The lowest BCUT2D eigenvalue weighted by Gasteiger charge is -2.13. The molecule has 10 heteroatoms. The summed E-state index contributed by atoms with van der Waals surface area (Å²) in [6.45, 7) is 0.122. The highest BCUT2D eigenvalue weighted by Crippen LogP contribution is 2.31. The number of carbonyl (C=O) groups excluding carboxylic acids is 1. The van der Waals surface area contributed by atoms with Crippen molar-refractivity contribution < 1.29 is 19.4 Å². The molecule has 3 rings (SSSR count). The van der Waals surface area contributed by atoms with Gasteiger partial charge in [-0.25, -0.2) is 0 Å². The van der Waals surface area contributed by atoms with Crippen LogP contribution in [0, 0.1) is 20.2 Å². The standard InChI is InChI=1S/C20H14ClN3O6/c21-16-8-6-14(10-18(16)24(28)29)20(25)22-17-9-7-15(23(26)27)11-19(17)30-12-13-4-2-1-3-5-13/h1-11H,12H2,(H,22,25). The van der Waals surface area contributed by atoms with Crippen molar-refractivity contribution in [2.45, 2.75) is 6.61 Å². The molecule has 0 unspecified atom stereocenters. The van der Waals surface area contributed by atoms with E-state index in [1.165, 1.54) is 30.3 Å². The summed E-state index contributed by atoms with van der Waals surface area (Å²) >= 11 is 5.77. The molecule has 0 aromatic heterocycles. The number of non-ortho nitro benzene ring substituents is 1. The molecule has 0 heterocycles. The molecule has 0 saturated heterocycles. The number of hydrogen-bond donors (Lipinski definition) is 1. The van der Waals surface area contributed by atoms with E-state index >= 15 is 0 Å². The number of rotatable bonds is 7. The van der Waals surface area contributed by atoms with Gasteiger partial charge < -0.3 is 10.1 Å². The monoisotopic (exact) mass is 427 g/mol. The molecule has 0 fully saturated rings. The van der Waals surface area contributed by atoms with Crippen molar-refractivity contribution in [1.29, 1.82) is 0 Å². The smallest absolute Gasteiger partial charge is 0.288 e. The Morgan fingerprint density at radius 2 is 1.70 bits per heavy atom. The second kappa shape index (κ2) is 9.01. The molecule has 3 aromatic carbocycles. The van der Waals surface area contributed by atoms with Gasteiger partial charge in [-0.3, -0.25) is 25.0 Å². The SMILES string of the molecule is O=C(Nc1ccc([N+](=O)[O-])cc1OCc1ccccc1)c1ccc(Cl)c([N+](=O)[O-])c1. The summed E-state index contributed by atoms with van der Waals surface area (Å²) in [7, 11) is 0. The van der Waals surface area contributed by atoms with E-state index in [9.17, 15) is 25.0 Å². The van der Waals surface area contributed by atoms with Crippen LogP contribution < -0.4 is 10.1 Å². The van der Waals surface area contributed by atoms with E-state index in [0.717, 1.165) is 11.6 Å². The third-order valence-electron chi connectivity index (χ3n) is 4.07. The molecular weight excluding hydrogens is 414 g/mol. The largest absolute Gasteiger partial charge is 0.486 e. The number of amides is 1. The van der Waals surface area contributed by atoms with Crippen molar-refractivity contribution in [3.63, 3.8) is 0 Å². The second-order valence-electron chi connectivity index (χ2n) is 6.09. The van der Waals surface area contributed by atoms with Crippen LogP contribution in [0.2, 0.25) is 5.02 Å². The molecule has 9 nitrogen and oxygen atoms in total. The predicted molar refractivity (Wildman–Crippen MR) is 110 cm³/mol. The number of ether oxygens (including phenoxy) is 1. The zero-order valence-electron chi connectivity index (χ0n) is 15.3. The lowest BCUT2D eigenvalue weighted by molar-refractivity contribution is -0.385. The van der Waals surface area contributed by atoms with Gasteiger partial charge in [0.2, 0.25) is 0 Å². The lowest BCUT2D eigenvalue weighted by atomic mass is 10.1. The number of nitrogens with zero attached hydrogens (tertiary/aromatic N) is 2. The molecule has 0 aliphatic rings. The Kier molecular flexibility index (Phi) is 6.23. The average molecular weight is 428 g/mol. The summed E-state index contributed by atoms with van der Waals surface area (Å²) < 4.78 is 5.68. The van der Waals surface area contributed by atoms with Crippen LogP contribution in [-0.2, 0) is 6.61 Å². The van der Waals surface area contributed by atoms with Gasteiger partial charge >= 0.3 is 0 Å². The maximum absolute atomic E-state index is 12.6. The fraction of sp³-hybridized carbons (Fsp3) is 0.0500. The lowest BCUT2D eigenvalue weighted by Crippen LogP contribution is -2.13. The number of nitro benzene ring substituents is 2. The van der Waals surface area contributed by atoms with Crippen LogP contribution in [0.3, 0.4) is 0 Å². The first-order valence-corrected chi connectivity index (χ1v) is 8.93. The Labute approximate surface area is 175 Å². The van der Waals surface area contributed by atoms with Crippen LogP contribution in [0.1, 0.15) is 15.9 Å². The van der Waals surface area contributed by atoms with Crippen molar-refractivity contribution in [1.82, 2.24) is 0 Å². The Bertz CT molecular complexity index is 1120. The molecule has 0 aliphatic carbocycles. The van der Waals surface area contributed by atoms with E-state index in [1.54, 1.807) is 0 Å². The van der Waals surface area contributed by atoms with E-state index in [4.69, 9.17) is 16.3 Å². The zero-order valence-corrected chi connectivity index (χ0v) is 16.0. The molecule has 30 heavy (non-hydrogen) atoms. The molecule has 1 amide bonds. The van der Waals surface area contributed by atoms with Crippen LogP contribution in [0.25, 0.3) is 0 Å². The maximum Gasteiger partial charge on any atom is 0.288 e. The summed E-state index contributed by atoms with van der Waals surface area (Å²) in [6, 6.07) is 16.5. The van der Waals surface area contributed by atoms with Crippen molar-refractivity contribution in [2.75, 3.05) is 5.32 Å². The summed E-state index contributed by atoms with van der Waals surface area (Å²) in [5, 5.41) is 24.6. The number of anilines is 1. The van der Waals surface area contributed by atoms with Crippen LogP contribution in [0.5, 0.6) is 5.75 Å². The van der Waals surface area contributed by atoms with Gasteiger partial charge in [0.05, 0.1) is 21.6 Å². The maximum atomic E-state index is 12.6. The Balaban J connectivity index is 1.87. The van der Waals surface area contributed by atoms with Gasteiger partial charge in [-0.15, -0.1) is 0 Å². The highest BCUT2D eigenvalue weighted by atomic mass is 35.5. The van der Waals surface area contributed by atoms with E-state index < -0.39 is 21.4 Å². The summed E-state index contributed by atoms with van der Waals surface area (Å²) in [6.07, 6.45) is 0. The van der Waals surface area contributed by atoms with E-state index in [0.29, 0.717) is 0 Å². The van der Waals surface area contributed by atoms with Gasteiger partial charge in [-0.05, 0) is 23.8 Å². The minimum absolute atomic E-state index is 0.00142. The van der Waals surface area contributed by atoms with E-state index in [1.807, 2.05) is 30.3 Å². The first-order valence-electron chi connectivity index (χ1n) is 8.55. The number of hydrogen-bond acceptors (Lipinski definition) is 6. The number of carbonyl (C=O) groups is 1. The Morgan fingerprint density at radius 3 is 2.37 bits per heavy atom. The molecule has 3 aromatic rings. The molecule has 0 radical (unpaired) electrons. The number of benzene rings is 3. The van der Waals surface area contributed by atoms with Gasteiger partial charge in [0.25, 0.3) is 17.3 Å². The van der Waals surface area contributed by atoms with Gasteiger partial charge in [0, 0.05) is 17.7 Å². The average Bonchev–Trinajstić information content (AvgIpc) is 2.73. The molecular formula is C20H14ClN3O6. The number of halogens is 1.